The van der Waals surface area contributed by atoms with E-state index in [4.69, 9.17) is 0 Å². The van der Waals surface area contributed by atoms with Crippen molar-refractivity contribution in [2.45, 2.75) is 42.0 Å². The molecule has 2 aromatic carbocycles. The Bertz CT molecular complexity index is 1010. The van der Waals surface area contributed by atoms with Crippen LogP contribution in [0.15, 0.2) is 47.4 Å². The van der Waals surface area contributed by atoms with E-state index in [1.54, 1.807) is 12.1 Å². The fourth-order valence-corrected chi connectivity index (χ4v) is 8.06. The zero-order valence-corrected chi connectivity index (χ0v) is 16.9. The molecule has 0 aromatic heterocycles. The maximum absolute atomic E-state index is 15.1. The van der Waals surface area contributed by atoms with Crippen LogP contribution in [0, 0.1) is 17.6 Å². The molecule has 1 atom stereocenters. The van der Waals surface area contributed by atoms with E-state index in [2.05, 4.69) is 0 Å². The maximum Gasteiger partial charge on any atom is 0.264 e. The monoisotopic (exact) mass is 421 g/mol. The Labute approximate surface area is 168 Å². The van der Waals surface area contributed by atoms with E-state index in [9.17, 15) is 12.8 Å². The number of rotatable bonds is 3. The molecule has 28 heavy (non-hydrogen) atoms. The molecule has 3 aliphatic rings. The molecular weight excluding hydrogens is 400 g/mol. The third-order valence-electron chi connectivity index (χ3n) is 6.37. The molecule has 7 heteroatoms. The quantitative estimate of drug-likeness (QED) is 0.720. The van der Waals surface area contributed by atoms with Gasteiger partial charge in [-0.05, 0) is 79.5 Å². The minimum absolute atomic E-state index is 0.0528. The van der Waals surface area contributed by atoms with Crippen LogP contribution in [0.5, 0.6) is 0 Å². The van der Waals surface area contributed by atoms with E-state index in [1.807, 2.05) is 11.8 Å². The Morgan fingerprint density at radius 2 is 1.68 bits per heavy atom. The average Bonchev–Trinajstić information content (AvgIpc) is 3.47. The number of sulfonamides is 1. The number of hydrogen-bond donors (Lipinski definition) is 0. The largest absolute Gasteiger partial charge is 0.264 e. The summed E-state index contributed by atoms with van der Waals surface area (Å²) in [6.45, 7) is 0. The van der Waals surface area contributed by atoms with E-state index in [0.29, 0.717) is 11.3 Å². The topological polar surface area (TPSA) is 37.4 Å². The van der Waals surface area contributed by atoms with E-state index >= 15 is 4.39 Å². The van der Waals surface area contributed by atoms with Crippen molar-refractivity contribution in [3.05, 3.63) is 59.7 Å². The molecule has 0 bridgehead atoms. The van der Waals surface area contributed by atoms with Gasteiger partial charge in [-0.3, -0.25) is 4.31 Å². The van der Waals surface area contributed by atoms with Crippen molar-refractivity contribution in [3.63, 3.8) is 0 Å². The highest BCUT2D eigenvalue weighted by Crippen LogP contribution is 2.60. The van der Waals surface area contributed by atoms with Gasteiger partial charge in [0.15, 0.2) is 0 Å². The molecule has 0 N–H and O–H groups in total. The Morgan fingerprint density at radius 3 is 2.32 bits per heavy atom. The molecule has 2 aliphatic heterocycles. The highest BCUT2D eigenvalue weighted by atomic mass is 32.2. The van der Waals surface area contributed by atoms with Crippen molar-refractivity contribution < 1.29 is 17.2 Å². The Morgan fingerprint density at radius 1 is 1.00 bits per heavy atom. The molecular formula is C21H21F2NO2S2. The summed E-state index contributed by atoms with van der Waals surface area (Å²) in [7, 11) is -3.92. The lowest BCUT2D eigenvalue weighted by Crippen LogP contribution is -2.50. The minimum atomic E-state index is -3.92. The number of hydrogen-bond acceptors (Lipinski definition) is 3. The van der Waals surface area contributed by atoms with Crippen molar-refractivity contribution >= 4 is 27.5 Å². The van der Waals surface area contributed by atoms with Gasteiger partial charge in [-0.15, -0.1) is 0 Å². The van der Waals surface area contributed by atoms with Gasteiger partial charge in [-0.1, -0.05) is 6.07 Å². The molecule has 2 fully saturated rings. The van der Waals surface area contributed by atoms with Gasteiger partial charge in [0, 0.05) is 11.0 Å². The SMILES string of the molecule is O=S(=O)(c1ccc(F)cc1)N1c2cccc(F)c2C2(CCSCC2)C1C1CC1. The Kier molecular flexibility index (Phi) is 4.25. The highest BCUT2D eigenvalue weighted by Gasteiger charge is 2.60. The lowest BCUT2D eigenvalue weighted by atomic mass is 9.70. The van der Waals surface area contributed by atoms with Crippen LogP contribution < -0.4 is 4.31 Å². The predicted octanol–water partition coefficient (Wildman–Crippen LogP) is 4.72. The molecule has 1 unspecified atom stereocenters. The fraction of sp³-hybridized carbons (Fsp3) is 0.429. The van der Waals surface area contributed by atoms with Gasteiger partial charge in [-0.2, -0.15) is 11.8 Å². The normalized spacial score (nSPS) is 23.8. The van der Waals surface area contributed by atoms with Crippen molar-refractivity contribution in [2.75, 3.05) is 15.8 Å². The summed E-state index contributed by atoms with van der Waals surface area (Å²) in [6.07, 6.45) is 3.49. The molecule has 3 nitrogen and oxygen atoms in total. The van der Waals surface area contributed by atoms with Gasteiger partial charge in [0.1, 0.15) is 11.6 Å². The van der Waals surface area contributed by atoms with Gasteiger partial charge < -0.3 is 0 Å². The van der Waals surface area contributed by atoms with Gasteiger partial charge in [-0.25, -0.2) is 17.2 Å². The second-order valence-corrected chi connectivity index (χ2v) is 11.0. The minimum Gasteiger partial charge on any atom is -0.262 e. The van der Waals surface area contributed by atoms with E-state index in [-0.39, 0.29) is 22.7 Å². The third kappa shape index (κ3) is 2.62. The van der Waals surface area contributed by atoms with Crippen LogP contribution in [-0.4, -0.2) is 26.0 Å². The Hall–Kier alpha value is -1.60. The number of benzene rings is 2. The first-order chi connectivity index (χ1) is 13.4. The van der Waals surface area contributed by atoms with Gasteiger partial charge >= 0.3 is 0 Å². The Balaban J connectivity index is 1.73. The van der Waals surface area contributed by atoms with E-state index < -0.39 is 21.3 Å². The molecule has 1 saturated carbocycles. The lowest BCUT2D eigenvalue weighted by molar-refractivity contribution is 0.307. The molecule has 1 saturated heterocycles. The van der Waals surface area contributed by atoms with Crippen LogP contribution in [-0.2, 0) is 15.4 Å². The third-order valence-corrected chi connectivity index (χ3v) is 9.16. The summed E-state index contributed by atoms with van der Waals surface area (Å²) in [4.78, 5) is 0.0528. The summed E-state index contributed by atoms with van der Waals surface area (Å²) >= 11 is 1.85. The molecule has 0 radical (unpaired) electrons. The summed E-state index contributed by atoms with van der Waals surface area (Å²) in [5.74, 6) is 1.26. The maximum atomic E-state index is 15.1. The van der Waals surface area contributed by atoms with E-state index in [0.717, 1.165) is 49.3 Å². The van der Waals surface area contributed by atoms with Crippen molar-refractivity contribution in [1.29, 1.82) is 0 Å². The molecule has 1 aliphatic carbocycles. The first kappa shape index (κ1) is 18.4. The first-order valence-corrected chi connectivity index (χ1v) is 12.2. The number of fused-ring (bicyclic) bond motifs is 2. The second-order valence-electron chi connectivity index (χ2n) is 7.94. The summed E-state index contributed by atoms with van der Waals surface area (Å²) in [6, 6.07) is 9.41. The van der Waals surface area contributed by atoms with E-state index in [1.165, 1.54) is 22.5 Å². The molecule has 2 heterocycles. The molecule has 148 valence electrons. The average molecular weight is 422 g/mol. The van der Waals surface area contributed by atoms with Crippen LogP contribution in [0.2, 0.25) is 0 Å². The fourth-order valence-electron chi connectivity index (χ4n) is 5.05. The number of anilines is 1. The number of halogens is 2. The predicted molar refractivity (Wildman–Crippen MR) is 107 cm³/mol. The van der Waals surface area contributed by atoms with Crippen LogP contribution in [0.25, 0.3) is 0 Å². The van der Waals surface area contributed by atoms with Crippen molar-refractivity contribution in [1.82, 2.24) is 0 Å². The molecule has 5 rings (SSSR count). The standard InChI is InChI=1S/C21H21F2NO2S2/c22-15-6-8-16(9-7-15)28(25,26)24-18-3-1-2-17(23)19(18)21(10-12-27-13-11-21)20(24)14-4-5-14/h1-3,6-9,14,20H,4-5,10-13H2. The molecule has 2 aromatic rings. The zero-order valence-electron chi connectivity index (χ0n) is 15.3. The lowest BCUT2D eigenvalue weighted by Gasteiger charge is -2.41. The zero-order chi connectivity index (χ0) is 19.5. The van der Waals surface area contributed by atoms with Crippen LogP contribution in [0.4, 0.5) is 14.5 Å². The van der Waals surface area contributed by atoms with Crippen molar-refractivity contribution in [2.24, 2.45) is 5.92 Å². The van der Waals surface area contributed by atoms with Crippen LogP contribution in [0.3, 0.4) is 0 Å². The van der Waals surface area contributed by atoms with Crippen LogP contribution >= 0.6 is 11.8 Å². The number of thioether (sulfide) groups is 1. The van der Waals surface area contributed by atoms with Crippen LogP contribution in [0.1, 0.15) is 31.2 Å². The summed E-state index contributed by atoms with van der Waals surface area (Å²) in [5, 5.41) is 0. The first-order valence-electron chi connectivity index (χ1n) is 9.62. The molecule has 0 amide bonds. The van der Waals surface area contributed by atoms with Gasteiger partial charge in [0.2, 0.25) is 0 Å². The number of nitrogens with zero attached hydrogens (tertiary/aromatic N) is 1. The summed E-state index contributed by atoms with van der Waals surface area (Å²) in [5.41, 5.74) is 0.561. The summed E-state index contributed by atoms with van der Waals surface area (Å²) < 4.78 is 57.3. The second kappa shape index (κ2) is 6.46. The smallest absolute Gasteiger partial charge is 0.262 e. The molecule has 1 spiro atoms. The highest BCUT2D eigenvalue weighted by molar-refractivity contribution is 7.99. The van der Waals surface area contributed by atoms with Crippen molar-refractivity contribution in [3.8, 4) is 0 Å². The van der Waals surface area contributed by atoms with Gasteiger partial charge in [0.05, 0.1) is 16.6 Å². The van der Waals surface area contributed by atoms with Gasteiger partial charge in [0.25, 0.3) is 10.0 Å².